The van der Waals surface area contributed by atoms with Gasteiger partial charge < -0.3 is 14.5 Å². The summed E-state index contributed by atoms with van der Waals surface area (Å²) in [5.74, 6) is -4.27. The van der Waals surface area contributed by atoms with Gasteiger partial charge in [-0.2, -0.15) is 22.0 Å². The van der Waals surface area contributed by atoms with E-state index in [1.165, 1.54) is 6.92 Å². The lowest BCUT2D eigenvalue weighted by Gasteiger charge is -2.18. The van der Waals surface area contributed by atoms with E-state index >= 15 is 0 Å². The monoisotopic (exact) mass is 368 g/mol. The smallest absolute Gasteiger partial charge is 0.438 e. The Morgan fingerprint density at radius 2 is 2.00 bits per heavy atom. The third kappa shape index (κ3) is 4.43. The number of carbonyl (C=O) groups is 1. The van der Waals surface area contributed by atoms with Crippen LogP contribution in [0, 0.1) is 5.82 Å². The lowest BCUT2D eigenvalue weighted by Crippen LogP contribution is -2.29. The fraction of sp³-hybridized carbons (Fsp3) is 0.286. The average molecular weight is 368 g/mol. The highest BCUT2D eigenvalue weighted by atomic mass is 19.4. The fourth-order valence-corrected chi connectivity index (χ4v) is 2.02. The van der Waals surface area contributed by atoms with Crippen LogP contribution in [0.5, 0.6) is 5.75 Å². The van der Waals surface area contributed by atoms with Gasteiger partial charge in [0.05, 0.1) is 6.04 Å². The van der Waals surface area contributed by atoms with Crippen molar-refractivity contribution < 1.29 is 40.3 Å². The number of carbonyl (C=O) groups excluding carboxylic acids is 1. The van der Waals surface area contributed by atoms with Gasteiger partial charge in [0, 0.05) is 11.6 Å². The first kappa shape index (κ1) is 18.6. The number of amides is 1. The van der Waals surface area contributed by atoms with Gasteiger partial charge >= 0.3 is 12.8 Å². The Morgan fingerprint density at radius 3 is 2.60 bits per heavy atom. The van der Waals surface area contributed by atoms with Crippen molar-refractivity contribution in [3.63, 3.8) is 0 Å². The SMILES string of the molecule is C[C@H](NC(=O)c1ncoc1C(F)(F)F)c1ccc(F)cc1OC(F)F. The predicted molar refractivity (Wildman–Crippen MR) is 70.4 cm³/mol. The molecule has 0 spiro atoms. The number of nitrogens with zero attached hydrogens (tertiary/aromatic N) is 1. The molecule has 1 heterocycles. The van der Waals surface area contributed by atoms with E-state index in [1.807, 2.05) is 0 Å². The topological polar surface area (TPSA) is 64.4 Å². The highest BCUT2D eigenvalue weighted by Gasteiger charge is 2.40. The third-order valence-corrected chi connectivity index (χ3v) is 3.05. The molecule has 0 aliphatic carbocycles. The molecule has 0 saturated carbocycles. The third-order valence-electron chi connectivity index (χ3n) is 3.05. The maximum Gasteiger partial charge on any atom is 0.452 e. The van der Waals surface area contributed by atoms with Gasteiger partial charge in [0.25, 0.3) is 5.91 Å². The molecule has 5 nitrogen and oxygen atoms in total. The van der Waals surface area contributed by atoms with E-state index in [4.69, 9.17) is 0 Å². The van der Waals surface area contributed by atoms with Crippen molar-refractivity contribution in [2.24, 2.45) is 0 Å². The molecule has 136 valence electrons. The highest BCUT2D eigenvalue weighted by molar-refractivity contribution is 5.93. The molecule has 25 heavy (non-hydrogen) atoms. The zero-order chi connectivity index (χ0) is 18.8. The molecule has 1 N–H and O–H groups in total. The van der Waals surface area contributed by atoms with E-state index in [1.54, 1.807) is 0 Å². The fourth-order valence-electron chi connectivity index (χ4n) is 2.02. The van der Waals surface area contributed by atoms with Crippen molar-refractivity contribution >= 4 is 5.91 Å². The van der Waals surface area contributed by atoms with Crippen LogP contribution in [-0.2, 0) is 6.18 Å². The number of hydrogen-bond donors (Lipinski definition) is 1. The van der Waals surface area contributed by atoms with E-state index in [0.717, 1.165) is 12.1 Å². The first-order valence-electron chi connectivity index (χ1n) is 6.65. The molecule has 11 heteroatoms. The Labute approximate surface area is 136 Å². The minimum absolute atomic E-state index is 0.0629. The van der Waals surface area contributed by atoms with Crippen molar-refractivity contribution in [1.29, 1.82) is 0 Å². The molecule has 0 aliphatic rings. The number of rotatable bonds is 5. The molecule has 2 aromatic rings. The molecule has 2 rings (SSSR count). The summed E-state index contributed by atoms with van der Waals surface area (Å²) in [5.41, 5.74) is -1.08. The number of ether oxygens (including phenoxy) is 1. The van der Waals surface area contributed by atoms with E-state index < -0.39 is 47.8 Å². The summed E-state index contributed by atoms with van der Waals surface area (Å²) in [4.78, 5) is 15.2. The number of oxazole rings is 1. The maximum atomic E-state index is 13.2. The van der Waals surface area contributed by atoms with Crippen molar-refractivity contribution in [2.75, 3.05) is 0 Å². The Hall–Kier alpha value is -2.72. The summed E-state index contributed by atoms with van der Waals surface area (Å²) in [6, 6.07) is 1.57. The predicted octanol–water partition coefficient (Wildman–Crippen LogP) is 3.92. The molecule has 1 atom stereocenters. The molecule has 0 saturated heterocycles. The van der Waals surface area contributed by atoms with Crippen LogP contribution in [0.1, 0.15) is 34.8 Å². The number of nitrogens with one attached hydrogen (secondary N) is 1. The van der Waals surface area contributed by atoms with Crippen LogP contribution >= 0.6 is 0 Å². The second-order valence-electron chi connectivity index (χ2n) is 4.78. The molecule has 0 bridgehead atoms. The van der Waals surface area contributed by atoms with E-state index in [2.05, 4.69) is 19.5 Å². The van der Waals surface area contributed by atoms with Gasteiger partial charge in [-0.1, -0.05) is 6.07 Å². The molecular formula is C14H10F6N2O3. The van der Waals surface area contributed by atoms with Crippen LogP contribution in [0.4, 0.5) is 26.3 Å². The largest absolute Gasteiger partial charge is 0.452 e. The van der Waals surface area contributed by atoms with Crippen LogP contribution < -0.4 is 10.1 Å². The first-order chi connectivity index (χ1) is 11.6. The van der Waals surface area contributed by atoms with E-state index in [0.29, 0.717) is 12.5 Å². The molecule has 0 fully saturated rings. The van der Waals surface area contributed by atoms with Crippen LogP contribution in [0.2, 0.25) is 0 Å². The van der Waals surface area contributed by atoms with Crippen molar-refractivity contribution in [2.45, 2.75) is 25.8 Å². The summed E-state index contributed by atoms with van der Waals surface area (Å²) >= 11 is 0. The summed E-state index contributed by atoms with van der Waals surface area (Å²) in [6.07, 6.45) is -4.49. The molecule has 0 aliphatic heterocycles. The quantitative estimate of drug-likeness (QED) is 0.813. The van der Waals surface area contributed by atoms with E-state index in [9.17, 15) is 31.1 Å². The maximum absolute atomic E-state index is 13.2. The Balaban J connectivity index is 2.24. The summed E-state index contributed by atoms with van der Waals surface area (Å²) in [5, 5.41) is 2.14. The molecule has 1 aromatic carbocycles. The lowest BCUT2D eigenvalue weighted by molar-refractivity contribution is -0.153. The number of benzene rings is 1. The molecular weight excluding hydrogens is 358 g/mol. The minimum Gasteiger partial charge on any atom is -0.438 e. The van der Waals surface area contributed by atoms with Gasteiger partial charge in [0.2, 0.25) is 5.76 Å². The second kappa shape index (κ2) is 7.03. The lowest BCUT2D eigenvalue weighted by atomic mass is 10.1. The number of halogens is 6. The normalized spacial score (nSPS) is 13.0. The molecule has 1 aromatic heterocycles. The first-order valence-corrected chi connectivity index (χ1v) is 6.65. The summed E-state index contributed by atoms with van der Waals surface area (Å²) in [7, 11) is 0. The van der Waals surface area contributed by atoms with Gasteiger partial charge in [-0.15, -0.1) is 0 Å². The standard InChI is InChI=1S/C14H10F6N2O3/c1-6(8-3-2-7(15)4-9(8)25-13(16)17)22-12(23)10-11(14(18,19)20)24-5-21-10/h2-6,13H,1H3,(H,22,23)/t6-/m0/s1. The second-order valence-corrected chi connectivity index (χ2v) is 4.78. The average Bonchev–Trinajstić information content (AvgIpc) is 2.96. The van der Waals surface area contributed by atoms with Crippen molar-refractivity contribution in [3.8, 4) is 5.75 Å². The van der Waals surface area contributed by atoms with Crippen LogP contribution in [-0.4, -0.2) is 17.5 Å². The number of aromatic nitrogens is 1. The van der Waals surface area contributed by atoms with Gasteiger partial charge in [-0.25, -0.2) is 9.37 Å². The zero-order valence-corrected chi connectivity index (χ0v) is 12.4. The summed E-state index contributed by atoms with van der Waals surface area (Å²) < 4.78 is 84.3. The van der Waals surface area contributed by atoms with Gasteiger partial charge in [-0.05, 0) is 13.0 Å². The molecule has 0 radical (unpaired) electrons. The Kier molecular flexibility index (Phi) is 5.24. The summed E-state index contributed by atoms with van der Waals surface area (Å²) in [6.45, 7) is -1.97. The minimum atomic E-state index is -4.94. The van der Waals surface area contributed by atoms with Gasteiger partial charge in [0.1, 0.15) is 11.6 Å². The van der Waals surface area contributed by atoms with Gasteiger partial charge in [-0.3, -0.25) is 4.79 Å². The van der Waals surface area contributed by atoms with Crippen LogP contribution in [0.25, 0.3) is 0 Å². The Bertz CT molecular complexity index is 759. The van der Waals surface area contributed by atoms with Gasteiger partial charge in [0.15, 0.2) is 12.1 Å². The zero-order valence-electron chi connectivity index (χ0n) is 12.4. The van der Waals surface area contributed by atoms with Crippen LogP contribution in [0.3, 0.4) is 0 Å². The van der Waals surface area contributed by atoms with Crippen molar-refractivity contribution in [3.05, 3.63) is 47.4 Å². The van der Waals surface area contributed by atoms with E-state index in [-0.39, 0.29) is 5.56 Å². The molecule has 0 unspecified atom stereocenters. The molecule has 1 amide bonds. The number of hydrogen-bond acceptors (Lipinski definition) is 4. The Morgan fingerprint density at radius 1 is 1.32 bits per heavy atom. The number of alkyl halides is 5. The highest BCUT2D eigenvalue weighted by Crippen LogP contribution is 2.32. The van der Waals surface area contributed by atoms with Crippen molar-refractivity contribution in [1.82, 2.24) is 10.3 Å². The van der Waals surface area contributed by atoms with Crippen LogP contribution in [0.15, 0.2) is 29.0 Å².